The van der Waals surface area contributed by atoms with Crippen molar-refractivity contribution in [2.75, 3.05) is 13.6 Å². The molecule has 0 fully saturated rings. The van der Waals surface area contributed by atoms with Crippen LogP contribution in [0.3, 0.4) is 0 Å². The largest absolute Gasteiger partial charge is 0.466 e. The summed E-state index contributed by atoms with van der Waals surface area (Å²) < 4.78 is 5.35. The maximum Gasteiger partial charge on any atom is 0.105 e. The van der Waals surface area contributed by atoms with Gasteiger partial charge in [0.05, 0.1) is 0 Å². The molecular weight excluding hydrogens is 126 g/mol. The minimum Gasteiger partial charge on any atom is -0.466 e. The van der Waals surface area contributed by atoms with Crippen LogP contribution in [0.15, 0.2) is 16.5 Å². The van der Waals surface area contributed by atoms with Crippen LogP contribution in [0.5, 0.6) is 0 Å². The van der Waals surface area contributed by atoms with Crippen LogP contribution >= 0.6 is 0 Å². The van der Waals surface area contributed by atoms with Gasteiger partial charge >= 0.3 is 0 Å². The van der Waals surface area contributed by atoms with Gasteiger partial charge in [-0.05, 0) is 26.1 Å². The zero-order valence-electron chi connectivity index (χ0n) is 6.48. The molecule has 0 amide bonds. The van der Waals surface area contributed by atoms with Crippen molar-refractivity contribution >= 4 is 0 Å². The Labute approximate surface area is 61.2 Å². The van der Waals surface area contributed by atoms with Crippen LogP contribution < -0.4 is 5.32 Å². The summed E-state index contributed by atoms with van der Waals surface area (Å²) in [4.78, 5) is 0. The van der Waals surface area contributed by atoms with E-state index in [0.717, 1.165) is 24.5 Å². The van der Waals surface area contributed by atoms with E-state index in [1.54, 1.807) is 0 Å². The summed E-state index contributed by atoms with van der Waals surface area (Å²) in [6.07, 6.45) is 0.977. The highest BCUT2D eigenvalue weighted by Crippen LogP contribution is 2.05. The summed E-state index contributed by atoms with van der Waals surface area (Å²) in [6.45, 7) is 2.94. The molecule has 0 aliphatic heterocycles. The van der Waals surface area contributed by atoms with Crippen LogP contribution in [-0.2, 0) is 6.42 Å². The first-order valence-corrected chi connectivity index (χ1v) is 3.53. The third-order valence-corrected chi connectivity index (χ3v) is 1.42. The van der Waals surface area contributed by atoms with Gasteiger partial charge in [-0.2, -0.15) is 0 Å². The lowest BCUT2D eigenvalue weighted by Gasteiger charge is -1.93. The Morgan fingerprint density at radius 1 is 1.50 bits per heavy atom. The molecule has 56 valence electrons. The zero-order valence-corrected chi connectivity index (χ0v) is 6.48. The van der Waals surface area contributed by atoms with E-state index in [2.05, 4.69) is 5.32 Å². The Morgan fingerprint density at radius 3 is 2.80 bits per heavy atom. The van der Waals surface area contributed by atoms with E-state index in [-0.39, 0.29) is 0 Å². The van der Waals surface area contributed by atoms with Crippen LogP contribution in [0.1, 0.15) is 11.5 Å². The predicted octanol–water partition coefficient (Wildman–Crippen LogP) is 1.35. The Hall–Kier alpha value is -0.760. The first kappa shape index (κ1) is 7.35. The van der Waals surface area contributed by atoms with Crippen LogP contribution in [0.2, 0.25) is 0 Å². The minimum absolute atomic E-state index is 0.977. The second kappa shape index (κ2) is 3.42. The molecule has 0 saturated heterocycles. The van der Waals surface area contributed by atoms with E-state index in [1.165, 1.54) is 0 Å². The van der Waals surface area contributed by atoms with Gasteiger partial charge in [0.15, 0.2) is 0 Å². The summed E-state index contributed by atoms with van der Waals surface area (Å²) >= 11 is 0. The molecular formula is C8H13NO. The van der Waals surface area contributed by atoms with Crippen molar-refractivity contribution in [3.05, 3.63) is 23.7 Å². The highest BCUT2D eigenvalue weighted by Gasteiger charge is 1.95. The molecule has 0 unspecified atom stereocenters. The molecule has 1 aromatic heterocycles. The fraction of sp³-hybridized carbons (Fsp3) is 0.500. The Balaban J connectivity index is 2.42. The molecule has 1 aromatic rings. The summed E-state index contributed by atoms with van der Waals surface area (Å²) in [7, 11) is 1.94. The first-order valence-electron chi connectivity index (χ1n) is 3.53. The first-order chi connectivity index (χ1) is 4.83. The third kappa shape index (κ3) is 1.88. The molecule has 0 aromatic carbocycles. The van der Waals surface area contributed by atoms with Gasteiger partial charge in [0, 0.05) is 13.0 Å². The number of nitrogens with one attached hydrogen (secondary N) is 1. The highest BCUT2D eigenvalue weighted by molar-refractivity contribution is 5.05. The summed E-state index contributed by atoms with van der Waals surface area (Å²) in [5.74, 6) is 2.05. The van der Waals surface area contributed by atoms with Gasteiger partial charge in [-0.3, -0.25) is 0 Å². The molecule has 1 N–H and O–H groups in total. The van der Waals surface area contributed by atoms with Gasteiger partial charge in [-0.25, -0.2) is 0 Å². The predicted molar refractivity (Wildman–Crippen MR) is 41.1 cm³/mol. The molecule has 0 aliphatic carbocycles. The highest BCUT2D eigenvalue weighted by atomic mass is 16.3. The van der Waals surface area contributed by atoms with E-state index in [1.807, 2.05) is 26.1 Å². The summed E-state index contributed by atoms with van der Waals surface area (Å²) in [5.41, 5.74) is 0. The SMILES string of the molecule is CNCCc1ccc(C)o1. The number of hydrogen-bond donors (Lipinski definition) is 1. The number of furan rings is 1. The zero-order chi connectivity index (χ0) is 7.40. The average Bonchev–Trinajstić information content (AvgIpc) is 2.31. The Bertz CT molecular complexity index is 193. The molecule has 0 spiro atoms. The molecule has 2 nitrogen and oxygen atoms in total. The lowest BCUT2D eigenvalue weighted by atomic mass is 10.3. The lowest BCUT2D eigenvalue weighted by Crippen LogP contribution is -2.09. The van der Waals surface area contributed by atoms with E-state index in [0.29, 0.717) is 0 Å². The van der Waals surface area contributed by atoms with Gasteiger partial charge in [0.2, 0.25) is 0 Å². The van der Waals surface area contributed by atoms with Crippen molar-refractivity contribution in [3.8, 4) is 0 Å². The number of aryl methyl sites for hydroxylation is 1. The summed E-state index contributed by atoms with van der Waals surface area (Å²) in [5, 5.41) is 3.07. The van der Waals surface area contributed by atoms with Crippen molar-refractivity contribution < 1.29 is 4.42 Å². The maximum absolute atomic E-state index is 5.35. The quantitative estimate of drug-likeness (QED) is 0.683. The van der Waals surface area contributed by atoms with Gasteiger partial charge < -0.3 is 9.73 Å². The van der Waals surface area contributed by atoms with E-state index < -0.39 is 0 Å². The fourth-order valence-electron chi connectivity index (χ4n) is 0.868. The van der Waals surface area contributed by atoms with Crippen molar-refractivity contribution in [2.24, 2.45) is 0 Å². The molecule has 10 heavy (non-hydrogen) atoms. The van der Waals surface area contributed by atoms with Crippen molar-refractivity contribution in [1.82, 2.24) is 5.32 Å². The summed E-state index contributed by atoms with van der Waals surface area (Å²) in [6, 6.07) is 4.01. The van der Waals surface area contributed by atoms with Gasteiger partial charge in [-0.15, -0.1) is 0 Å². The second-order valence-corrected chi connectivity index (χ2v) is 2.37. The van der Waals surface area contributed by atoms with Crippen LogP contribution in [0, 0.1) is 6.92 Å². The van der Waals surface area contributed by atoms with Gasteiger partial charge in [-0.1, -0.05) is 0 Å². The second-order valence-electron chi connectivity index (χ2n) is 2.37. The van der Waals surface area contributed by atoms with Crippen molar-refractivity contribution in [2.45, 2.75) is 13.3 Å². The number of rotatable bonds is 3. The van der Waals surface area contributed by atoms with E-state index in [9.17, 15) is 0 Å². The average molecular weight is 139 g/mol. The van der Waals surface area contributed by atoms with Gasteiger partial charge in [0.1, 0.15) is 11.5 Å². The Morgan fingerprint density at radius 2 is 2.30 bits per heavy atom. The molecule has 1 heterocycles. The van der Waals surface area contributed by atoms with Crippen LogP contribution in [0.4, 0.5) is 0 Å². The molecule has 0 aliphatic rings. The van der Waals surface area contributed by atoms with E-state index >= 15 is 0 Å². The Kier molecular flexibility index (Phi) is 2.51. The number of likely N-dealkylation sites (N-methyl/N-ethyl adjacent to an activating group) is 1. The molecule has 0 bridgehead atoms. The molecule has 1 rings (SSSR count). The fourth-order valence-corrected chi connectivity index (χ4v) is 0.868. The third-order valence-electron chi connectivity index (χ3n) is 1.42. The lowest BCUT2D eigenvalue weighted by molar-refractivity contribution is 0.479. The topological polar surface area (TPSA) is 25.2 Å². The van der Waals surface area contributed by atoms with Crippen LogP contribution in [-0.4, -0.2) is 13.6 Å². The minimum atomic E-state index is 0.977. The molecule has 0 atom stereocenters. The smallest absolute Gasteiger partial charge is 0.105 e. The normalized spacial score (nSPS) is 10.2. The standard InChI is InChI=1S/C8H13NO/c1-7-3-4-8(10-7)5-6-9-2/h3-4,9H,5-6H2,1-2H3. The van der Waals surface area contributed by atoms with Crippen molar-refractivity contribution in [3.63, 3.8) is 0 Å². The maximum atomic E-state index is 5.35. The monoisotopic (exact) mass is 139 g/mol. The van der Waals surface area contributed by atoms with Gasteiger partial charge in [0.25, 0.3) is 0 Å². The molecule has 2 heteroatoms. The molecule has 0 saturated carbocycles. The van der Waals surface area contributed by atoms with Crippen molar-refractivity contribution in [1.29, 1.82) is 0 Å². The molecule has 0 radical (unpaired) electrons. The van der Waals surface area contributed by atoms with Crippen LogP contribution in [0.25, 0.3) is 0 Å². The number of hydrogen-bond acceptors (Lipinski definition) is 2. The van der Waals surface area contributed by atoms with E-state index in [4.69, 9.17) is 4.42 Å².